The molecule has 1 N–H and O–H groups in total. The van der Waals surface area contributed by atoms with Gasteiger partial charge in [0.1, 0.15) is 0 Å². The molecule has 0 bridgehead atoms. The van der Waals surface area contributed by atoms with E-state index < -0.39 is 16.6 Å². The lowest BCUT2D eigenvalue weighted by Gasteiger charge is -2.11. The molecule has 0 aliphatic carbocycles. The number of hydrogen-bond acceptors (Lipinski definition) is 5. The molecule has 0 heterocycles. The molecular formula is C21H13N3O4. The minimum atomic E-state index is -0.607. The Bertz CT molecular complexity index is 1120. The van der Waals surface area contributed by atoms with Crippen molar-refractivity contribution in [3.8, 4) is 6.07 Å². The van der Waals surface area contributed by atoms with Gasteiger partial charge >= 0.3 is 0 Å². The van der Waals surface area contributed by atoms with Crippen molar-refractivity contribution >= 4 is 23.1 Å². The van der Waals surface area contributed by atoms with Crippen molar-refractivity contribution in [2.75, 3.05) is 5.32 Å². The van der Waals surface area contributed by atoms with Crippen LogP contribution in [-0.2, 0) is 0 Å². The van der Waals surface area contributed by atoms with Gasteiger partial charge in [-0.2, -0.15) is 5.26 Å². The van der Waals surface area contributed by atoms with Crippen LogP contribution in [0.2, 0.25) is 0 Å². The van der Waals surface area contributed by atoms with Crippen LogP contribution in [-0.4, -0.2) is 16.6 Å². The highest BCUT2D eigenvalue weighted by molar-refractivity contribution is 6.15. The van der Waals surface area contributed by atoms with Crippen LogP contribution >= 0.6 is 0 Å². The molecule has 0 aliphatic rings. The van der Waals surface area contributed by atoms with Gasteiger partial charge in [-0.1, -0.05) is 36.4 Å². The summed E-state index contributed by atoms with van der Waals surface area (Å²) in [6, 6.07) is 20.0. The number of nitriles is 1. The van der Waals surface area contributed by atoms with Gasteiger partial charge in [0.2, 0.25) is 0 Å². The predicted octanol–water partition coefficient (Wildman–Crippen LogP) is 3.95. The third kappa shape index (κ3) is 3.92. The van der Waals surface area contributed by atoms with E-state index in [0.717, 1.165) is 6.07 Å². The highest BCUT2D eigenvalue weighted by atomic mass is 16.6. The molecule has 0 saturated carbocycles. The van der Waals surface area contributed by atoms with Crippen LogP contribution < -0.4 is 5.32 Å². The maximum absolute atomic E-state index is 12.8. The van der Waals surface area contributed by atoms with Crippen molar-refractivity contribution in [1.29, 1.82) is 5.26 Å². The van der Waals surface area contributed by atoms with Gasteiger partial charge in [0.05, 0.1) is 27.8 Å². The van der Waals surface area contributed by atoms with E-state index in [1.165, 1.54) is 24.3 Å². The number of carbonyl (C=O) groups excluding carboxylic acids is 2. The van der Waals surface area contributed by atoms with E-state index in [2.05, 4.69) is 5.32 Å². The summed E-state index contributed by atoms with van der Waals surface area (Å²) in [5.41, 5.74) is 0.776. The van der Waals surface area contributed by atoms with E-state index in [9.17, 15) is 19.7 Å². The second kappa shape index (κ2) is 7.93. The van der Waals surface area contributed by atoms with Gasteiger partial charge in [-0.15, -0.1) is 0 Å². The maximum Gasteiger partial charge on any atom is 0.270 e. The first kappa shape index (κ1) is 18.5. The molecule has 28 heavy (non-hydrogen) atoms. The van der Waals surface area contributed by atoms with Crippen LogP contribution in [0.3, 0.4) is 0 Å². The largest absolute Gasteiger partial charge is 0.321 e. The highest BCUT2D eigenvalue weighted by Gasteiger charge is 2.20. The Morgan fingerprint density at radius 1 is 0.929 bits per heavy atom. The summed E-state index contributed by atoms with van der Waals surface area (Å²) < 4.78 is 0. The van der Waals surface area contributed by atoms with Gasteiger partial charge in [0, 0.05) is 23.3 Å². The summed E-state index contributed by atoms with van der Waals surface area (Å²) in [5, 5.41) is 22.7. The number of anilines is 1. The van der Waals surface area contributed by atoms with E-state index in [0.29, 0.717) is 11.1 Å². The summed E-state index contributed by atoms with van der Waals surface area (Å²) in [6.45, 7) is 0. The Kier molecular flexibility index (Phi) is 5.23. The molecule has 0 aromatic heterocycles. The van der Waals surface area contributed by atoms with Crippen LogP contribution in [0, 0.1) is 21.4 Å². The summed E-state index contributed by atoms with van der Waals surface area (Å²) in [7, 11) is 0. The first-order valence-corrected chi connectivity index (χ1v) is 8.19. The fourth-order valence-corrected chi connectivity index (χ4v) is 2.61. The monoisotopic (exact) mass is 371 g/mol. The number of ketones is 1. The number of nitro benzene ring substituents is 1. The summed E-state index contributed by atoms with van der Waals surface area (Å²) in [6.07, 6.45) is 0. The number of benzene rings is 3. The van der Waals surface area contributed by atoms with E-state index in [1.54, 1.807) is 42.5 Å². The van der Waals surface area contributed by atoms with Crippen molar-refractivity contribution in [3.63, 3.8) is 0 Å². The Morgan fingerprint density at radius 2 is 1.64 bits per heavy atom. The van der Waals surface area contributed by atoms with Gasteiger partial charge in [0.15, 0.2) is 5.78 Å². The van der Waals surface area contributed by atoms with Crippen LogP contribution in [0.1, 0.15) is 31.8 Å². The normalized spacial score (nSPS) is 9.96. The van der Waals surface area contributed by atoms with Gasteiger partial charge in [-0.05, 0) is 24.3 Å². The Morgan fingerprint density at radius 3 is 2.32 bits per heavy atom. The number of nitrogens with one attached hydrogen (secondary N) is 1. The second-order valence-electron chi connectivity index (χ2n) is 5.83. The van der Waals surface area contributed by atoms with E-state index in [4.69, 9.17) is 5.26 Å². The van der Waals surface area contributed by atoms with Crippen molar-refractivity contribution < 1.29 is 14.5 Å². The minimum Gasteiger partial charge on any atom is -0.321 e. The topological polar surface area (TPSA) is 113 Å². The molecule has 0 saturated heterocycles. The average Bonchev–Trinajstić information content (AvgIpc) is 2.74. The lowest BCUT2D eigenvalue weighted by atomic mass is 10.0. The Hall–Kier alpha value is -4.31. The van der Waals surface area contributed by atoms with Crippen LogP contribution in [0.5, 0.6) is 0 Å². The van der Waals surface area contributed by atoms with Crippen molar-refractivity contribution in [3.05, 3.63) is 105 Å². The molecule has 0 atom stereocenters. The molecule has 3 rings (SSSR count). The summed E-state index contributed by atoms with van der Waals surface area (Å²) >= 11 is 0. The van der Waals surface area contributed by atoms with Crippen LogP contribution in [0.25, 0.3) is 0 Å². The number of hydrogen-bond donors (Lipinski definition) is 1. The van der Waals surface area contributed by atoms with E-state index >= 15 is 0 Å². The van der Waals surface area contributed by atoms with Crippen LogP contribution in [0.4, 0.5) is 11.4 Å². The number of carbonyl (C=O) groups is 2. The number of nitrogens with zero attached hydrogens (tertiary/aromatic N) is 2. The average molecular weight is 371 g/mol. The molecule has 1 amide bonds. The van der Waals surface area contributed by atoms with Crippen molar-refractivity contribution in [1.82, 2.24) is 0 Å². The first-order chi connectivity index (χ1) is 13.5. The van der Waals surface area contributed by atoms with Gasteiger partial charge in [-0.3, -0.25) is 19.7 Å². The quantitative estimate of drug-likeness (QED) is 0.414. The summed E-state index contributed by atoms with van der Waals surface area (Å²) in [5.74, 6) is -0.988. The summed E-state index contributed by atoms with van der Waals surface area (Å²) in [4.78, 5) is 35.9. The smallest absolute Gasteiger partial charge is 0.270 e. The van der Waals surface area contributed by atoms with E-state index in [-0.39, 0.29) is 22.5 Å². The van der Waals surface area contributed by atoms with E-state index in [1.807, 2.05) is 6.07 Å². The molecule has 7 nitrogen and oxygen atoms in total. The van der Waals surface area contributed by atoms with Gasteiger partial charge < -0.3 is 5.32 Å². The highest BCUT2D eigenvalue weighted by Crippen LogP contribution is 2.25. The molecule has 136 valence electrons. The maximum atomic E-state index is 12.8. The molecule has 0 spiro atoms. The molecule has 3 aromatic carbocycles. The molecule has 7 heteroatoms. The van der Waals surface area contributed by atoms with Gasteiger partial charge in [0.25, 0.3) is 11.6 Å². The minimum absolute atomic E-state index is 0.00480. The molecular weight excluding hydrogens is 358 g/mol. The molecule has 3 aromatic rings. The predicted molar refractivity (Wildman–Crippen MR) is 102 cm³/mol. The fraction of sp³-hybridized carbons (Fsp3) is 0. The van der Waals surface area contributed by atoms with Crippen LogP contribution in [0.15, 0.2) is 72.8 Å². The first-order valence-electron chi connectivity index (χ1n) is 8.19. The number of nitro groups is 1. The second-order valence-corrected chi connectivity index (χ2v) is 5.83. The number of non-ortho nitro benzene ring substituents is 1. The zero-order valence-corrected chi connectivity index (χ0v) is 14.5. The third-order valence-electron chi connectivity index (χ3n) is 4.00. The zero-order valence-electron chi connectivity index (χ0n) is 14.5. The third-order valence-corrected chi connectivity index (χ3v) is 4.00. The molecule has 0 fully saturated rings. The Balaban J connectivity index is 2.00. The number of amides is 1. The molecule has 0 radical (unpaired) electrons. The number of rotatable bonds is 5. The van der Waals surface area contributed by atoms with Crippen molar-refractivity contribution in [2.24, 2.45) is 0 Å². The molecule has 0 aliphatic heterocycles. The standard InChI is InChI=1S/C21H13N3O4/c22-13-14-5-4-8-16(11-14)21(26)23-19-10-9-17(24(27)28)12-18(19)20(25)15-6-2-1-3-7-15/h1-12H,(H,23,26). The SMILES string of the molecule is N#Cc1cccc(C(=O)Nc2ccc([N+](=O)[O-])cc2C(=O)c2ccccc2)c1. The Labute approximate surface area is 160 Å². The fourth-order valence-electron chi connectivity index (χ4n) is 2.61. The zero-order chi connectivity index (χ0) is 20.1. The molecule has 0 unspecified atom stereocenters. The van der Waals surface area contributed by atoms with Gasteiger partial charge in [-0.25, -0.2) is 0 Å². The lowest BCUT2D eigenvalue weighted by molar-refractivity contribution is -0.384. The lowest BCUT2D eigenvalue weighted by Crippen LogP contribution is -2.15. The van der Waals surface area contributed by atoms with Crippen molar-refractivity contribution in [2.45, 2.75) is 0 Å².